The van der Waals surface area contributed by atoms with E-state index >= 15 is 0 Å². The van der Waals surface area contributed by atoms with Gasteiger partial charge >= 0.3 is 0 Å². The second kappa shape index (κ2) is 6.54. The molecule has 5 heteroatoms. The average molecular weight is 345 g/mol. The van der Waals surface area contributed by atoms with Gasteiger partial charge in [-0.05, 0) is 16.7 Å². The minimum Gasteiger partial charge on any atom is -0.356 e. The highest BCUT2D eigenvalue weighted by Crippen LogP contribution is 2.41. The van der Waals surface area contributed by atoms with Gasteiger partial charge in [0.25, 0.3) is 5.69 Å². The van der Waals surface area contributed by atoms with Crippen LogP contribution >= 0.6 is 0 Å². The van der Waals surface area contributed by atoms with Crippen molar-refractivity contribution in [1.29, 1.82) is 0 Å². The Labute approximate surface area is 150 Å². The summed E-state index contributed by atoms with van der Waals surface area (Å²) in [6.07, 6.45) is -1.00. The SMILES string of the molecule is O=C(c1ccc(-c2ccccc2)cc1)[C@H]1O[C@@H]1c1cccc([N+](=O)[O-])c1. The summed E-state index contributed by atoms with van der Waals surface area (Å²) >= 11 is 0. The second-order valence-corrected chi connectivity index (χ2v) is 6.14. The Kier molecular flexibility index (Phi) is 4.07. The van der Waals surface area contributed by atoms with Crippen molar-refractivity contribution in [1.82, 2.24) is 0 Å². The molecule has 1 aliphatic heterocycles. The average Bonchev–Trinajstić information content (AvgIpc) is 3.49. The van der Waals surface area contributed by atoms with Crippen LogP contribution in [0, 0.1) is 10.1 Å². The van der Waals surface area contributed by atoms with E-state index in [1.165, 1.54) is 12.1 Å². The van der Waals surface area contributed by atoms with Crippen molar-refractivity contribution in [2.75, 3.05) is 0 Å². The molecule has 1 saturated heterocycles. The van der Waals surface area contributed by atoms with E-state index in [4.69, 9.17) is 4.74 Å². The third kappa shape index (κ3) is 3.12. The van der Waals surface area contributed by atoms with E-state index in [1.807, 2.05) is 42.5 Å². The standard InChI is InChI=1S/C21H15NO4/c23-19(16-11-9-15(10-12-16)14-5-2-1-3-6-14)21-20(26-21)17-7-4-8-18(13-17)22(24)25/h1-13,20-21H/t20-,21-/m1/s1. The summed E-state index contributed by atoms with van der Waals surface area (Å²) in [4.78, 5) is 23.0. The van der Waals surface area contributed by atoms with Gasteiger partial charge in [-0.25, -0.2) is 0 Å². The van der Waals surface area contributed by atoms with Crippen molar-refractivity contribution in [2.45, 2.75) is 12.2 Å². The lowest BCUT2D eigenvalue weighted by molar-refractivity contribution is -0.384. The van der Waals surface area contributed by atoms with Crippen molar-refractivity contribution >= 4 is 11.5 Å². The molecule has 1 heterocycles. The van der Waals surface area contributed by atoms with E-state index in [9.17, 15) is 14.9 Å². The van der Waals surface area contributed by atoms with Crippen LogP contribution in [0.1, 0.15) is 22.0 Å². The van der Waals surface area contributed by atoms with E-state index in [1.54, 1.807) is 24.3 Å². The Hall–Kier alpha value is -3.31. The smallest absolute Gasteiger partial charge is 0.269 e. The number of non-ortho nitro benzene ring substituents is 1. The minimum absolute atomic E-state index is 0.00332. The minimum atomic E-state index is -0.584. The number of hydrogen-bond donors (Lipinski definition) is 0. The summed E-state index contributed by atoms with van der Waals surface area (Å²) in [6, 6.07) is 23.5. The molecular formula is C21H15NO4. The molecule has 0 radical (unpaired) electrons. The van der Waals surface area contributed by atoms with Gasteiger partial charge in [0.2, 0.25) is 0 Å². The maximum Gasteiger partial charge on any atom is 0.269 e. The lowest BCUT2D eigenvalue weighted by Gasteiger charge is -2.03. The lowest BCUT2D eigenvalue weighted by Crippen LogP contribution is -2.08. The number of Topliss-reactive ketones (excluding diaryl/α,β-unsaturated/α-hetero) is 1. The third-order valence-corrected chi connectivity index (χ3v) is 4.44. The number of rotatable bonds is 5. The van der Waals surface area contributed by atoms with Crippen LogP contribution in [0.15, 0.2) is 78.9 Å². The fraction of sp³-hybridized carbons (Fsp3) is 0.0952. The predicted octanol–water partition coefficient (Wildman–Crippen LogP) is 4.58. The Balaban J connectivity index is 1.49. The summed E-state index contributed by atoms with van der Waals surface area (Å²) in [5.74, 6) is -0.110. The van der Waals surface area contributed by atoms with Gasteiger partial charge in [-0.3, -0.25) is 14.9 Å². The van der Waals surface area contributed by atoms with E-state index in [2.05, 4.69) is 0 Å². The molecule has 3 aromatic rings. The van der Waals surface area contributed by atoms with Crippen LogP contribution in [0.25, 0.3) is 11.1 Å². The van der Waals surface area contributed by atoms with E-state index in [0.29, 0.717) is 11.1 Å². The highest BCUT2D eigenvalue weighted by Gasteiger charge is 2.46. The number of carbonyl (C=O) groups excluding carboxylic acids is 1. The number of nitro benzene ring substituents is 1. The summed E-state index contributed by atoms with van der Waals surface area (Å²) in [6.45, 7) is 0. The molecule has 26 heavy (non-hydrogen) atoms. The molecule has 3 aromatic carbocycles. The molecular weight excluding hydrogens is 330 g/mol. The normalized spacial score (nSPS) is 18.3. The van der Waals surface area contributed by atoms with Gasteiger partial charge in [-0.15, -0.1) is 0 Å². The number of nitro groups is 1. The molecule has 4 rings (SSSR count). The maximum absolute atomic E-state index is 12.6. The Morgan fingerprint density at radius 2 is 1.58 bits per heavy atom. The number of ether oxygens (including phenoxy) is 1. The van der Waals surface area contributed by atoms with Gasteiger partial charge in [-0.1, -0.05) is 66.7 Å². The molecule has 0 saturated carbocycles. The van der Waals surface area contributed by atoms with E-state index in [-0.39, 0.29) is 11.5 Å². The summed E-state index contributed by atoms with van der Waals surface area (Å²) in [5, 5.41) is 10.9. The van der Waals surface area contributed by atoms with Crippen LogP contribution in [-0.4, -0.2) is 16.8 Å². The number of nitrogens with zero attached hydrogens (tertiary/aromatic N) is 1. The Morgan fingerprint density at radius 3 is 2.27 bits per heavy atom. The summed E-state index contributed by atoms with van der Waals surface area (Å²) < 4.78 is 5.50. The molecule has 0 amide bonds. The molecule has 0 N–H and O–H groups in total. The van der Waals surface area contributed by atoms with Crippen LogP contribution in [0.3, 0.4) is 0 Å². The van der Waals surface area contributed by atoms with Crippen LogP contribution < -0.4 is 0 Å². The zero-order chi connectivity index (χ0) is 18.1. The molecule has 0 aromatic heterocycles. The molecule has 5 nitrogen and oxygen atoms in total. The predicted molar refractivity (Wildman–Crippen MR) is 96.9 cm³/mol. The fourth-order valence-electron chi connectivity index (χ4n) is 3.00. The van der Waals surface area contributed by atoms with Gasteiger partial charge in [-0.2, -0.15) is 0 Å². The zero-order valence-corrected chi connectivity index (χ0v) is 13.7. The highest BCUT2D eigenvalue weighted by atomic mass is 16.6. The van der Waals surface area contributed by atoms with Gasteiger partial charge in [0.15, 0.2) is 11.9 Å². The number of benzene rings is 3. The summed E-state index contributed by atoms with van der Waals surface area (Å²) in [5.41, 5.74) is 3.34. The van der Waals surface area contributed by atoms with Gasteiger partial charge < -0.3 is 4.74 Å². The molecule has 0 bridgehead atoms. The quantitative estimate of drug-likeness (QED) is 0.293. The summed E-state index contributed by atoms with van der Waals surface area (Å²) in [7, 11) is 0. The number of ketones is 1. The molecule has 0 aliphatic carbocycles. The molecule has 0 unspecified atom stereocenters. The van der Waals surface area contributed by atoms with E-state index < -0.39 is 17.1 Å². The van der Waals surface area contributed by atoms with Crippen molar-refractivity contribution in [3.05, 3.63) is 100 Å². The monoisotopic (exact) mass is 345 g/mol. The molecule has 0 spiro atoms. The third-order valence-electron chi connectivity index (χ3n) is 4.44. The lowest BCUT2D eigenvalue weighted by atomic mass is 9.99. The van der Waals surface area contributed by atoms with Crippen LogP contribution in [0.4, 0.5) is 5.69 Å². The first-order chi connectivity index (χ1) is 12.6. The number of epoxide rings is 1. The van der Waals surface area contributed by atoms with Crippen molar-refractivity contribution in [3.8, 4) is 11.1 Å². The fourth-order valence-corrected chi connectivity index (χ4v) is 3.00. The molecule has 2 atom stereocenters. The van der Waals surface area contributed by atoms with Crippen molar-refractivity contribution in [3.63, 3.8) is 0 Å². The van der Waals surface area contributed by atoms with Gasteiger partial charge in [0.1, 0.15) is 6.10 Å². The first-order valence-corrected chi connectivity index (χ1v) is 8.23. The van der Waals surface area contributed by atoms with E-state index in [0.717, 1.165) is 11.1 Å². The van der Waals surface area contributed by atoms with Crippen LogP contribution in [-0.2, 0) is 4.74 Å². The number of carbonyl (C=O) groups is 1. The van der Waals surface area contributed by atoms with Crippen LogP contribution in [0.2, 0.25) is 0 Å². The number of hydrogen-bond acceptors (Lipinski definition) is 4. The Bertz CT molecular complexity index is 967. The molecule has 1 fully saturated rings. The van der Waals surface area contributed by atoms with Gasteiger partial charge in [0, 0.05) is 17.7 Å². The Morgan fingerprint density at radius 1 is 0.885 bits per heavy atom. The molecule has 128 valence electrons. The topological polar surface area (TPSA) is 72.7 Å². The van der Waals surface area contributed by atoms with Crippen LogP contribution in [0.5, 0.6) is 0 Å². The first kappa shape index (κ1) is 16.2. The highest BCUT2D eigenvalue weighted by molar-refractivity contribution is 6.01. The second-order valence-electron chi connectivity index (χ2n) is 6.14. The van der Waals surface area contributed by atoms with Crippen molar-refractivity contribution < 1.29 is 14.5 Å². The molecule has 1 aliphatic rings. The first-order valence-electron chi connectivity index (χ1n) is 8.23. The largest absolute Gasteiger partial charge is 0.356 e. The zero-order valence-electron chi connectivity index (χ0n) is 13.7. The van der Waals surface area contributed by atoms with Crippen molar-refractivity contribution in [2.24, 2.45) is 0 Å². The maximum atomic E-state index is 12.6. The van der Waals surface area contributed by atoms with Gasteiger partial charge in [0.05, 0.1) is 4.92 Å².